The fraction of sp³-hybridized carbons (Fsp3) is 0.467. The first-order valence-corrected chi connectivity index (χ1v) is 5.84. The Balaban J connectivity index is 2.48. The summed E-state index contributed by atoms with van der Waals surface area (Å²) >= 11 is 0. The van der Waals surface area contributed by atoms with Gasteiger partial charge in [0, 0.05) is 0 Å². The van der Waals surface area contributed by atoms with Crippen LogP contribution in [0.25, 0.3) is 0 Å². The second-order valence-corrected chi connectivity index (χ2v) is 5.30. The maximum Gasteiger partial charge on any atom is 0.119 e. The van der Waals surface area contributed by atoms with E-state index < -0.39 is 0 Å². The number of hydrogen-bond donors (Lipinski definition) is 0. The predicted octanol–water partition coefficient (Wildman–Crippen LogP) is 4.23. The van der Waals surface area contributed by atoms with Gasteiger partial charge < -0.3 is 4.74 Å². The minimum atomic E-state index is 0.401. The standard InChI is InChI=1S/C15H22O/c1-5-12-16-14-8-6-13(7-9-14)10-11-15(2,3)4/h5-9H,1,10-12H2,2-4H3. The molecule has 0 saturated carbocycles. The molecular formula is C15H22O. The summed E-state index contributed by atoms with van der Waals surface area (Å²) in [6.07, 6.45) is 4.10. The average molecular weight is 218 g/mol. The molecule has 0 aliphatic rings. The zero-order valence-electron chi connectivity index (χ0n) is 10.6. The quantitative estimate of drug-likeness (QED) is 0.672. The molecule has 1 nitrogen and oxygen atoms in total. The summed E-state index contributed by atoms with van der Waals surface area (Å²) < 4.78 is 5.44. The van der Waals surface area contributed by atoms with Crippen molar-refractivity contribution in [3.05, 3.63) is 42.5 Å². The summed E-state index contributed by atoms with van der Waals surface area (Å²) in [6, 6.07) is 8.34. The molecule has 0 fully saturated rings. The molecule has 1 aromatic carbocycles. The third-order valence-corrected chi connectivity index (χ3v) is 2.45. The van der Waals surface area contributed by atoms with Crippen molar-refractivity contribution in [2.45, 2.75) is 33.6 Å². The summed E-state index contributed by atoms with van der Waals surface area (Å²) in [5.41, 5.74) is 1.78. The van der Waals surface area contributed by atoms with Gasteiger partial charge in [-0.15, -0.1) is 0 Å². The molecule has 0 unspecified atom stereocenters. The fourth-order valence-electron chi connectivity index (χ4n) is 1.43. The van der Waals surface area contributed by atoms with Gasteiger partial charge in [-0.1, -0.05) is 45.6 Å². The Hall–Kier alpha value is -1.24. The van der Waals surface area contributed by atoms with Gasteiger partial charge in [-0.2, -0.15) is 0 Å². The van der Waals surface area contributed by atoms with Gasteiger partial charge in [0.1, 0.15) is 12.4 Å². The van der Waals surface area contributed by atoms with Crippen LogP contribution in [0.3, 0.4) is 0 Å². The molecule has 0 radical (unpaired) electrons. The van der Waals surface area contributed by atoms with Gasteiger partial charge >= 0.3 is 0 Å². The van der Waals surface area contributed by atoms with Crippen LogP contribution >= 0.6 is 0 Å². The molecule has 0 atom stereocenters. The molecule has 0 bridgehead atoms. The largest absolute Gasteiger partial charge is 0.490 e. The molecule has 1 rings (SSSR count). The van der Waals surface area contributed by atoms with Crippen molar-refractivity contribution < 1.29 is 4.74 Å². The van der Waals surface area contributed by atoms with Crippen molar-refractivity contribution in [1.29, 1.82) is 0 Å². The molecule has 1 heteroatoms. The molecule has 0 aliphatic heterocycles. The van der Waals surface area contributed by atoms with E-state index in [1.54, 1.807) is 6.08 Å². The van der Waals surface area contributed by atoms with E-state index in [9.17, 15) is 0 Å². The summed E-state index contributed by atoms with van der Waals surface area (Å²) in [4.78, 5) is 0. The first-order valence-electron chi connectivity index (χ1n) is 5.84. The first kappa shape index (κ1) is 12.8. The number of ether oxygens (including phenoxy) is 1. The normalized spacial score (nSPS) is 11.2. The Labute approximate surface area is 99.1 Å². The minimum absolute atomic E-state index is 0.401. The van der Waals surface area contributed by atoms with Crippen molar-refractivity contribution >= 4 is 0 Å². The lowest BCUT2D eigenvalue weighted by Gasteiger charge is -2.17. The van der Waals surface area contributed by atoms with Crippen LogP contribution in [-0.4, -0.2) is 6.61 Å². The second kappa shape index (κ2) is 5.74. The monoisotopic (exact) mass is 218 g/mol. The second-order valence-electron chi connectivity index (χ2n) is 5.30. The lowest BCUT2D eigenvalue weighted by atomic mass is 9.89. The Morgan fingerprint density at radius 2 is 1.81 bits per heavy atom. The zero-order chi connectivity index (χ0) is 12.0. The SMILES string of the molecule is C=CCOc1ccc(CCC(C)(C)C)cc1. The molecule has 1 aromatic rings. The third kappa shape index (κ3) is 5.01. The number of rotatable bonds is 5. The molecule has 0 N–H and O–H groups in total. The van der Waals surface area contributed by atoms with Crippen molar-refractivity contribution in [2.75, 3.05) is 6.61 Å². The fourth-order valence-corrected chi connectivity index (χ4v) is 1.43. The lowest BCUT2D eigenvalue weighted by Crippen LogP contribution is -2.06. The van der Waals surface area contributed by atoms with Crippen LogP contribution in [-0.2, 0) is 6.42 Å². The Bertz CT molecular complexity index is 316. The Kier molecular flexibility index (Phi) is 4.60. The van der Waals surface area contributed by atoms with E-state index in [1.165, 1.54) is 12.0 Å². The molecule has 0 spiro atoms. The van der Waals surface area contributed by atoms with Crippen molar-refractivity contribution in [3.8, 4) is 5.75 Å². The molecule has 16 heavy (non-hydrogen) atoms. The zero-order valence-corrected chi connectivity index (χ0v) is 10.6. The van der Waals surface area contributed by atoms with Gasteiger partial charge in [0.2, 0.25) is 0 Å². The summed E-state index contributed by atoms with van der Waals surface area (Å²) in [6.45, 7) is 11.0. The molecule has 0 saturated heterocycles. The van der Waals surface area contributed by atoms with E-state index in [4.69, 9.17) is 4.74 Å². The number of benzene rings is 1. The van der Waals surface area contributed by atoms with Crippen LogP contribution < -0.4 is 4.74 Å². The van der Waals surface area contributed by atoms with E-state index in [1.807, 2.05) is 12.1 Å². The molecule has 0 amide bonds. The highest BCUT2D eigenvalue weighted by Crippen LogP contribution is 2.22. The van der Waals surface area contributed by atoms with Crippen molar-refractivity contribution in [2.24, 2.45) is 5.41 Å². The Morgan fingerprint density at radius 1 is 1.19 bits per heavy atom. The van der Waals surface area contributed by atoms with Crippen LogP contribution in [0.15, 0.2) is 36.9 Å². The highest BCUT2D eigenvalue weighted by Gasteiger charge is 2.09. The topological polar surface area (TPSA) is 9.23 Å². The van der Waals surface area contributed by atoms with Gasteiger partial charge in [0.15, 0.2) is 0 Å². The smallest absolute Gasteiger partial charge is 0.119 e. The molecular weight excluding hydrogens is 196 g/mol. The van der Waals surface area contributed by atoms with Crippen molar-refractivity contribution in [1.82, 2.24) is 0 Å². The van der Waals surface area contributed by atoms with E-state index in [0.717, 1.165) is 12.2 Å². The van der Waals surface area contributed by atoms with E-state index in [2.05, 4.69) is 39.5 Å². The maximum atomic E-state index is 5.44. The van der Waals surface area contributed by atoms with Crippen LogP contribution in [0.2, 0.25) is 0 Å². The summed E-state index contributed by atoms with van der Waals surface area (Å²) in [7, 11) is 0. The summed E-state index contributed by atoms with van der Waals surface area (Å²) in [5, 5.41) is 0. The Morgan fingerprint density at radius 3 is 2.31 bits per heavy atom. The molecule has 0 aromatic heterocycles. The number of aryl methyl sites for hydroxylation is 1. The molecule has 88 valence electrons. The highest BCUT2D eigenvalue weighted by molar-refractivity contribution is 5.27. The van der Waals surface area contributed by atoms with E-state index in [-0.39, 0.29) is 0 Å². The van der Waals surface area contributed by atoms with Crippen LogP contribution in [0.5, 0.6) is 5.75 Å². The minimum Gasteiger partial charge on any atom is -0.490 e. The van der Waals surface area contributed by atoms with Crippen LogP contribution in [0.4, 0.5) is 0 Å². The van der Waals surface area contributed by atoms with Gasteiger partial charge in [0.25, 0.3) is 0 Å². The van der Waals surface area contributed by atoms with Gasteiger partial charge in [-0.25, -0.2) is 0 Å². The third-order valence-electron chi connectivity index (χ3n) is 2.45. The summed E-state index contributed by atoms with van der Waals surface area (Å²) in [5.74, 6) is 0.916. The number of hydrogen-bond acceptors (Lipinski definition) is 1. The van der Waals surface area contributed by atoms with Gasteiger partial charge in [-0.05, 0) is 36.0 Å². The molecule has 0 heterocycles. The van der Waals surface area contributed by atoms with Crippen LogP contribution in [0.1, 0.15) is 32.8 Å². The van der Waals surface area contributed by atoms with Gasteiger partial charge in [0.05, 0.1) is 0 Å². The average Bonchev–Trinajstić information content (AvgIpc) is 2.24. The van der Waals surface area contributed by atoms with Crippen LogP contribution in [0, 0.1) is 5.41 Å². The molecule has 0 aliphatic carbocycles. The van der Waals surface area contributed by atoms with Gasteiger partial charge in [-0.3, -0.25) is 0 Å². The van der Waals surface area contributed by atoms with E-state index >= 15 is 0 Å². The highest BCUT2D eigenvalue weighted by atomic mass is 16.5. The van der Waals surface area contributed by atoms with E-state index in [0.29, 0.717) is 12.0 Å². The van der Waals surface area contributed by atoms with Crippen molar-refractivity contribution in [3.63, 3.8) is 0 Å². The first-order chi connectivity index (χ1) is 7.51. The maximum absolute atomic E-state index is 5.44. The lowest BCUT2D eigenvalue weighted by molar-refractivity contribution is 0.362. The predicted molar refractivity (Wildman–Crippen MR) is 69.9 cm³/mol.